The number of likely N-dealkylation sites (tertiary alicyclic amines) is 1. The minimum atomic E-state index is -1.13. The van der Waals surface area contributed by atoms with Gasteiger partial charge in [0.05, 0.1) is 12.6 Å². The maximum Gasteiger partial charge on any atom is 0.410 e. The molecule has 0 aromatic heterocycles. The van der Waals surface area contributed by atoms with Crippen molar-refractivity contribution in [3.8, 4) is 0 Å². The van der Waals surface area contributed by atoms with Gasteiger partial charge in [-0.3, -0.25) is 4.90 Å². The summed E-state index contributed by atoms with van der Waals surface area (Å²) in [5.41, 5.74) is -0.626. The Morgan fingerprint density at radius 3 is 2.60 bits per heavy atom. The average Bonchev–Trinajstić information content (AvgIpc) is 2.43. The zero-order valence-corrected chi connectivity index (χ0v) is 9.20. The number of ether oxygens (including phenoxy) is 1. The monoisotopic (exact) mass is 217 g/mol. The topological polar surface area (TPSA) is 46.6 Å². The summed E-state index contributed by atoms with van der Waals surface area (Å²) in [7, 11) is 0. The molecule has 0 spiro atoms. The number of alkyl halides is 1. The van der Waals surface area contributed by atoms with Gasteiger partial charge in [-0.15, -0.1) is 0 Å². The molecule has 1 heterocycles. The molecular formula is C10H16FNO3. The molecule has 1 aliphatic rings. The van der Waals surface area contributed by atoms with Gasteiger partial charge >= 0.3 is 6.09 Å². The van der Waals surface area contributed by atoms with E-state index in [1.807, 2.05) is 0 Å². The number of halogens is 1. The Hall–Kier alpha value is -1.13. The summed E-state index contributed by atoms with van der Waals surface area (Å²) in [5.74, 6) is 0. The van der Waals surface area contributed by atoms with Crippen molar-refractivity contribution in [1.29, 1.82) is 0 Å². The van der Waals surface area contributed by atoms with E-state index in [2.05, 4.69) is 0 Å². The van der Waals surface area contributed by atoms with Crippen LogP contribution in [0.2, 0.25) is 0 Å². The van der Waals surface area contributed by atoms with Crippen LogP contribution < -0.4 is 0 Å². The molecule has 1 unspecified atom stereocenters. The van der Waals surface area contributed by atoms with E-state index in [0.29, 0.717) is 6.29 Å². The van der Waals surface area contributed by atoms with Crippen LogP contribution in [0, 0.1) is 0 Å². The maximum absolute atomic E-state index is 13.0. The second-order valence-electron chi connectivity index (χ2n) is 4.67. The van der Waals surface area contributed by atoms with Crippen molar-refractivity contribution in [1.82, 2.24) is 4.90 Å². The predicted molar refractivity (Wildman–Crippen MR) is 52.3 cm³/mol. The molecule has 4 nitrogen and oxygen atoms in total. The van der Waals surface area contributed by atoms with Gasteiger partial charge in [-0.2, -0.15) is 0 Å². The molecule has 1 fully saturated rings. The Labute approximate surface area is 88.4 Å². The van der Waals surface area contributed by atoms with Crippen LogP contribution in [-0.2, 0) is 9.53 Å². The Bertz CT molecular complexity index is 262. The van der Waals surface area contributed by atoms with Gasteiger partial charge in [0.25, 0.3) is 0 Å². The molecule has 0 radical (unpaired) electrons. The molecular weight excluding hydrogens is 201 g/mol. The van der Waals surface area contributed by atoms with Crippen molar-refractivity contribution < 1.29 is 18.7 Å². The third kappa shape index (κ3) is 3.18. The van der Waals surface area contributed by atoms with Crippen molar-refractivity contribution in [3.05, 3.63) is 0 Å². The molecule has 1 amide bonds. The first kappa shape index (κ1) is 11.9. The smallest absolute Gasteiger partial charge is 0.410 e. The van der Waals surface area contributed by atoms with Gasteiger partial charge < -0.3 is 9.53 Å². The van der Waals surface area contributed by atoms with Crippen LogP contribution in [0.4, 0.5) is 9.18 Å². The molecule has 0 saturated carbocycles. The molecule has 1 rings (SSSR count). The van der Waals surface area contributed by atoms with Crippen LogP contribution >= 0.6 is 0 Å². The van der Waals surface area contributed by atoms with Crippen molar-refractivity contribution >= 4 is 12.4 Å². The van der Waals surface area contributed by atoms with E-state index in [1.165, 1.54) is 0 Å². The Morgan fingerprint density at radius 2 is 2.13 bits per heavy atom. The normalized spacial score (nSPS) is 26.5. The first-order valence-electron chi connectivity index (χ1n) is 4.92. The number of hydrogen-bond donors (Lipinski definition) is 0. The second kappa shape index (κ2) is 4.16. The van der Waals surface area contributed by atoms with Crippen LogP contribution in [0.3, 0.4) is 0 Å². The fourth-order valence-electron chi connectivity index (χ4n) is 1.47. The molecule has 0 aliphatic carbocycles. The maximum atomic E-state index is 13.0. The second-order valence-corrected chi connectivity index (χ2v) is 4.67. The molecule has 86 valence electrons. The number of rotatable bonds is 1. The van der Waals surface area contributed by atoms with Crippen LogP contribution in [0.15, 0.2) is 0 Å². The molecule has 1 aliphatic heterocycles. The lowest BCUT2D eigenvalue weighted by atomic mass is 10.2. The lowest BCUT2D eigenvalue weighted by Gasteiger charge is -2.26. The van der Waals surface area contributed by atoms with Crippen LogP contribution in [0.25, 0.3) is 0 Å². The summed E-state index contributed by atoms with van der Waals surface area (Å²) < 4.78 is 18.1. The van der Waals surface area contributed by atoms with Crippen molar-refractivity contribution in [3.63, 3.8) is 0 Å². The van der Waals surface area contributed by atoms with E-state index in [9.17, 15) is 14.0 Å². The van der Waals surface area contributed by atoms with E-state index in [0.717, 1.165) is 4.90 Å². The molecule has 1 saturated heterocycles. The van der Waals surface area contributed by atoms with E-state index >= 15 is 0 Å². The minimum absolute atomic E-state index is 0.0572. The minimum Gasteiger partial charge on any atom is -0.444 e. The van der Waals surface area contributed by atoms with Crippen LogP contribution in [0.1, 0.15) is 27.2 Å². The fourth-order valence-corrected chi connectivity index (χ4v) is 1.47. The highest BCUT2D eigenvalue weighted by atomic mass is 19.1. The van der Waals surface area contributed by atoms with E-state index < -0.39 is 23.9 Å². The van der Waals surface area contributed by atoms with Gasteiger partial charge in [-0.25, -0.2) is 9.18 Å². The van der Waals surface area contributed by atoms with Gasteiger partial charge in [-0.05, 0) is 20.8 Å². The third-order valence-electron chi connectivity index (χ3n) is 2.08. The van der Waals surface area contributed by atoms with Gasteiger partial charge in [-0.1, -0.05) is 0 Å². The molecule has 0 aromatic carbocycles. The summed E-state index contributed by atoms with van der Waals surface area (Å²) in [5, 5.41) is 0. The molecule has 0 aromatic rings. The van der Waals surface area contributed by atoms with Crippen molar-refractivity contribution in [2.24, 2.45) is 0 Å². The lowest BCUT2D eigenvalue weighted by Crippen LogP contribution is -2.40. The first-order valence-corrected chi connectivity index (χ1v) is 4.92. The summed E-state index contributed by atoms with van der Waals surface area (Å²) in [6.45, 7) is 5.12. The fraction of sp³-hybridized carbons (Fsp3) is 0.800. The standard InChI is InChI=1S/C10H16FNO3/c1-10(2,3)15-9(14)12-5-7(11)4-8(12)6-13/h6-8H,4-5H2,1-3H3/t7-,8?/m0/s1. The van der Waals surface area contributed by atoms with E-state index in [4.69, 9.17) is 4.74 Å². The van der Waals surface area contributed by atoms with Gasteiger partial charge in [0.2, 0.25) is 0 Å². The average molecular weight is 217 g/mol. The third-order valence-corrected chi connectivity index (χ3v) is 2.08. The number of nitrogens with zero attached hydrogens (tertiary/aromatic N) is 1. The highest BCUT2D eigenvalue weighted by Gasteiger charge is 2.37. The van der Waals surface area contributed by atoms with E-state index in [-0.39, 0.29) is 13.0 Å². The first-order chi connectivity index (χ1) is 6.83. The largest absolute Gasteiger partial charge is 0.444 e. The molecule has 5 heteroatoms. The highest BCUT2D eigenvalue weighted by Crippen LogP contribution is 2.21. The molecule has 0 N–H and O–H groups in total. The summed E-state index contributed by atoms with van der Waals surface area (Å²) in [4.78, 5) is 23.3. The number of hydrogen-bond acceptors (Lipinski definition) is 3. The molecule has 0 bridgehead atoms. The highest BCUT2D eigenvalue weighted by molar-refractivity contribution is 5.74. The lowest BCUT2D eigenvalue weighted by molar-refractivity contribution is -0.111. The number of carbonyl (C=O) groups is 2. The van der Waals surface area contributed by atoms with Crippen molar-refractivity contribution in [2.75, 3.05) is 6.54 Å². The molecule has 2 atom stereocenters. The predicted octanol–water partition coefficient (Wildman–Crippen LogP) is 1.53. The van der Waals surface area contributed by atoms with Gasteiger partial charge in [0.1, 0.15) is 18.1 Å². The zero-order chi connectivity index (χ0) is 11.6. The SMILES string of the molecule is CC(C)(C)OC(=O)N1C[C@@H](F)CC1C=O. The Balaban J connectivity index is 2.63. The van der Waals surface area contributed by atoms with E-state index in [1.54, 1.807) is 20.8 Å². The summed E-state index contributed by atoms with van der Waals surface area (Å²) >= 11 is 0. The quantitative estimate of drug-likeness (QED) is 0.626. The zero-order valence-electron chi connectivity index (χ0n) is 9.20. The van der Waals surface area contributed by atoms with Crippen LogP contribution in [0.5, 0.6) is 0 Å². The van der Waals surface area contributed by atoms with Crippen LogP contribution in [-0.4, -0.2) is 41.6 Å². The molecule has 15 heavy (non-hydrogen) atoms. The van der Waals surface area contributed by atoms with Gasteiger partial charge in [0.15, 0.2) is 0 Å². The Morgan fingerprint density at radius 1 is 1.53 bits per heavy atom. The Kier molecular flexibility index (Phi) is 3.31. The number of aldehydes is 1. The number of carbonyl (C=O) groups excluding carboxylic acids is 2. The summed E-state index contributed by atoms with van der Waals surface area (Å²) in [6, 6.07) is -0.685. The summed E-state index contributed by atoms with van der Waals surface area (Å²) in [6.07, 6.45) is -1.10. The van der Waals surface area contributed by atoms with Crippen molar-refractivity contribution in [2.45, 2.75) is 45.0 Å². The van der Waals surface area contributed by atoms with Gasteiger partial charge in [0, 0.05) is 6.42 Å². The number of amides is 1.